The Labute approximate surface area is 220 Å². The Morgan fingerprint density at radius 1 is 1.00 bits per heavy atom. The van der Waals surface area contributed by atoms with Crippen LogP contribution in [0.2, 0.25) is 0 Å². The Balaban J connectivity index is 1.56. The third-order valence-electron chi connectivity index (χ3n) is 7.61. The lowest BCUT2D eigenvalue weighted by molar-refractivity contribution is 0.0350. The second-order valence-corrected chi connectivity index (χ2v) is 10.6. The van der Waals surface area contributed by atoms with Crippen molar-refractivity contribution in [3.63, 3.8) is 0 Å². The summed E-state index contributed by atoms with van der Waals surface area (Å²) in [5.74, 6) is 0. The van der Waals surface area contributed by atoms with E-state index in [1.807, 2.05) is 12.3 Å². The maximum absolute atomic E-state index is 5.93. The van der Waals surface area contributed by atoms with Crippen molar-refractivity contribution in [1.29, 1.82) is 0 Å². The molecule has 4 heterocycles. The molecule has 7 heteroatoms. The molecule has 2 fully saturated rings. The fourth-order valence-corrected chi connectivity index (χ4v) is 6.35. The standard InChI is InChI=1S/C29H37N5OS/c1-19-16-20(2)27(21(3)17-19)34-22(4)18-24(23(34)5)28-26(25-8-6-7-9-30-25)31-29(36)33(28)11-10-32-12-14-35-15-13-32/h6-9,16-18,26,28H,10-15H2,1-5H3,(H,31,36). The van der Waals surface area contributed by atoms with E-state index >= 15 is 0 Å². The van der Waals surface area contributed by atoms with Gasteiger partial charge < -0.3 is 19.5 Å². The number of pyridine rings is 1. The first-order chi connectivity index (χ1) is 17.3. The molecule has 2 aliphatic heterocycles. The first-order valence-corrected chi connectivity index (χ1v) is 13.3. The predicted molar refractivity (Wildman–Crippen MR) is 149 cm³/mol. The summed E-state index contributed by atoms with van der Waals surface area (Å²) >= 11 is 5.93. The highest BCUT2D eigenvalue weighted by Gasteiger charge is 2.41. The molecule has 36 heavy (non-hydrogen) atoms. The number of hydrogen-bond donors (Lipinski definition) is 1. The topological polar surface area (TPSA) is 45.6 Å². The van der Waals surface area contributed by atoms with Gasteiger partial charge in [0.15, 0.2) is 5.11 Å². The number of nitrogens with zero attached hydrogens (tertiary/aromatic N) is 4. The molecule has 2 unspecified atom stereocenters. The number of rotatable bonds is 6. The highest BCUT2D eigenvalue weighted by molar-refractivity contribution is 7.80. The molecule has 5 rings (SSSR count). The summed E-state index contributed by atoms with van der Waals surface area (Å²) in [4.78, 5) is 9.58. The molecule has 6 nitrogen and oxygen atoms in total. The zero-order chi connectivity index (χ0) is 25.4. The zero-order valence-corrected chi connectivity index (χ0v) is 22.9. The number of nitrogens with one attached hydrogen (secondary N) is 1. The van der Waals surface area contributed by atoms with Crippen LogP contribution in [0, 0.1) is 34.6 Å². The first kappa shape index (κ1) is 24.9. The summed E-state index contributed by atoms with van der Waals surface area (Å²) in [6.45, 7) is 16.4. The van der Waals surface area contributed by atoms with Gasteiger partial charge in [-0.25, -0.2) is 0 Å². The van der Waals surface area contributed by atoms with Gasteiger partial charge in [-0.2, -0.15) is 0 Å². The van der Waals surface area contributed by atoms with E-state index in [1.54, 1.807) is 0 Å². The van der Waals surface area contributed by atoms with Crippen LogP contribution < -0.4 is 5.32 Å². The Hall–Kier alpha value is -2.74. The van der Waals surface area contributed by atoms with Crippen molar-refractivity contribution in [1.82, 2.24) is 24.7 Å². The number of ether oxygens (including phenoxy) is 1. The maximum atomic E-state index is 5.93. The summed E-state index contributed by atoms with van der Waals surface area (Å²) in [5.41, 5.74) is 10.00. The molecule has 0 aliphatic carbocycles. The Morgan fingerprint density at radius 3 is 2.39 bits per heavy atom. The number of hydrogen-bond acceptors (Lipinski definition) is 4. The van der Waals surface area contributed by atoms with Crippen molar-refractivity contribution in [3.05, 3.63) is 81.9 Å². The first-order valence-electron chi connectivity index (χ1n) is 12.9. The number of benzene rings is 1. The zero-order valence-electron chi connectivity index (χ0n) is 22.0. The second kappa shape index (κ2) is 10.3. The van der Waals surface area contributed by atoms with E-state index in [1.165, 1.54) is 39.3 Å². The number of thiocarbonyl (C=S) groups is 1. The Morgan fingerprint density at radius 2 is 1.72 bits per heavy atom. The van der Waals surface area contributed by atoms with Gasteiger partial charge in [0.2, 0.25) is 0 Å². The molecule has 1 N–H and O–H groups in total. The molecule has 1 aromatic carbocycles. The summed E-state index contributed by atoms with van der Waals surface area (Å²) < 4.78 is 7.98. The molecular formula is C29H37N5OS. The van der Waals surface area contributed by atoms with Crippen LogP contribution in [0.15, 0.2) is 42.6 Å². The van der Waals surface area contributed by atoms with Crippen LogP contribution >= 0.6 is 12.2 Å². The van der Waals surface area contributed by atoms with Crippen molar-refractivity contribution in [2.45, 2.75) is 46.7 Å². The largest absolute Gasteiger partial charge is 0.379 e. The molecule has 3 aromatic rings. The molecular weight excluding hydrogens is 466 g/mol. The monoisotopic (exact) mass is 503 g/mol. The average Bonchev–Trinajstić information content (AvgIpc) is 3.34. The van der Waals surface area contributed by atoms with Gasteiger partial charge in [-0.15, -0.1) is 0 Å². The minimum absolute atomic E-state index is 0.00227. The molecule has 0 bridgehead atoms. The fourth-order valence-electron chi connectivity index (χ4n) is 6.02. The van der Waals surface area contributed by atoms with Crippen LogP contribution in [-0.2, 0) is 4.74 Å². The van der Waals surface area contributed by atoms with Crippen LogP contribution in [0.5, 0.6) is 0 Å². The van der Waals surface area contributed by atoms with Crippen molar-refractivity contribution >= 4 is 17.3 Å². The number of aromatic nitrogens is 2. The smallest absolute Gasteiger partial charge is 0.170 e. The lowest BCUT2D eigenvalue weighted by Gasteiger charge is -2.32. The van der Waals surface area contributed by atoms with Crippen LogP contribution in [0.3, 0.4) is 0 Å². The van der Waals surface area contributed by atoms with Crippen LogP contribution in [0.1, 0.15) is 51.4 Å². The fraction of sp³-hybridized carbons (Fsp3) is 0.448. The van der Waals surface area contributed by atoms with Gasteiger partial charge >= 0.3 is 0 Å². The third kappa shape index (κ3) is 4.67. The summed E-state index contributed by atoms with van der Waals surface area (Å²) in [5, 5.41) is 4.43. The Kier molecular flexibility index (Phi) is 7.15. The normalized spacial score (nSPS) is 20.7. The van der Waals surface area contributed by atoms with Crippen LogP contribution in [0.25, 0.3) is 5.69 Å². The summed E-state index contributed by atoms with van der Waals surface area (Å²) in [6, 6.07) is 13.1. The van der Waals surface area contributed by atoms with E-state index in [9.17, 15) is 0 Å². The summed E-state index contributed by atoms with van der Waals surface area (Å²) in [6.07, 6.45) is 1.87. The Bertz CT molecular complexity index is 1230. The highest BCUT2D eigenvalue weighted by atomic mass is 32.1. The van der Waals surface area contributed by atoms with E-state index in [0.717, 1.165) is 50.2 Å². The number of aryl methyl sites for hydroxylation is 4. The lowest BCUT2D eigenvalue weighted by Crippen LogP contribution is -2.42. The number of morpholine rings is 1. The molecule has 190 valence electrons. The van der Waals surface area contributed by atoms with Gasteiger partial charge in [-0.1, -0.05) is 23.8 Å². The van der Waals surface area contributed by atoms with Crippen LogP contribution in [-0.4, -0.2) is 63.9 Å². The minimum Gasteiger partial charge on any atom is -0.379 e. The minimum atomic E-state index is -0.00227. The molecule has 2 atom stereocenters. The molecule has 2 saturated heterocycles. The van der Waals surface area contributed by atoms with E-state index in [2.05, 4.69) is 84.6 Å². The second-order valence-electron chi connectivity index (χ2n) is 10.2. The van der Waals surface area contributed by atoms with Gasteiger partial charge in [-0.05, 0) is 81.7 Å². The molecule has 0 spiro atoms. The summed E-state index contributed by atoms with van der Waals surface area (Å²) in [7, 11) is 0. The lowest BCUT2D eigenvalue weighted by atomic mass is 9.96. The quantitative estimate of drug-likeness (QED) is 0.491. The van der Waals surface area contributed by atoms with Gasteiger partial charge in [-0.3, -0.25) is 9.88 Å². The van der Waals surface area contributed by atoms with E-state index in [4.69, 9.17) is 21.9 Å². The van der Waals surface area contributed by atoms with Gasteiger partial charge in [0.25, 0.3) is 0 Å². The van der Waals surface area contributed by atoms with Gasteiger partial charge in [0, 0.05) is 43.8 Å². The van der Waals surface area contributed by atoms with Gasteiger partial charge in [0.1, 0.15) is 0 Å². The molecule has 0 amide bonds. The van der Waals surface area contributed by atoms with Gasteiger partial charge in [0.05, 0.1) is 36.7 Å². The molecule has 0 saturated carbocycles. The SMILES string of the molecule is Cc1cc(C)c(-n2c(C)cc(C3C(c4ccccn4)NC(=S)N3CCN3CCOCC3)c2C)c(C)c1. The van der Waals surface area contributed by atoms with Crippen molar-refractivity contribution in [2.75, 3.05) is 39.4 Å². The van der Waals surface area contributed by atoms with E-state index in [0.29, 0.717) is 0 Å². The van der Waals surface area contributed by atoms with Crippen molar-refractivity contribution < 1.29 is 4.74 Å². The van der Waals surface area contributed by atoms with E-state index < -0.39 is 0 Å². The highest BCUT2D eigenvalue weighted by Crippen LogP contribution is 2.41. The average molecular weight is 504 g/mol. The predicted octanol–water partition coefficient (Wildman–Crippen LogP) is 4.72. The molecule has 2 aliphatic rings. The maximum Gasteiger partial charge on any atom is 0.170 e. The van der Waals surface area contributed by atoms with Crippen molar-refractivity contribution in [3.8, 4) is 5.69 Å². The van der Waals surface area contributed by atoms with E-state index in [-0.39, 0.29) is 12.1 Å². The third-order valence-corrected chi connectivity index (χ3v) is 7.96. The molecule has 2 aromatic heterocycles. The molecule has 0 radical (unpaired) electrons. The van der Waals surface area contributed by atoms with Crippen molar-refractivity contribution in [2.24, 2.45) is 0 Å². The van der Waals surface area contributed by atoms with Crippen LogP contribution in [0.4, 0.5) is 0 Å².